The van der Waals surface area contributed by atoms with Crippen molar-refractivity contribution >= 4 is 34.4 Å². The van der Waals surface area contributed by atoms with Gasteiger partial charge >= 0.3 is 0 Å². The van der Waals surface area contributed by atoms with Crippen molar-refractivity contribution in [2.45, 2.75) is 33.6 Å². The van der Waals surface area contributed by atoms with Gasteiger partial charge in [-0.1, -0.05) is 6.07 Å². The number of hydrogen-bond acceptors (Lipinski definition) is 5. The van der Waals surface area contributed by atoms with Gasteiger partial charge in [0, 0.05) is 40.3 Å². The molecule has 0 aliphatic carbocycles. The third kappa shape index (κ3) is 4.26. The van der Waals surface area contributed by atoms with E-state index in [9.17, 15) is 19.7 Å². The molecule has 1 aromatic heterocycles. The number of rotatable bonds is 6. The van der Waals surface area contributed by atoms with Gasteiger partial charge in [0.05, 0.1) is 10.6 Å². The minimum atomic E-state index is -0.514. The lowest BCUT2D eigenvalue weighted by Gasteiger charge is -2.08. The molecule has 1 N–H and O–H groups in total. The van der Waals surface area contributed by atoms with Crippen LogP contribution < -0.4 is 5.32 Å². The average Bonchev–Trinajstić information content (AvgIpc) is 2.85. The maximum absolute atomic E-state index is 12.2. The number of thiophene rings is 1. The Morgan fingerprint density at radius 2 is 1.88 bits per heavy atom. The van der Waals surface area contributed by atoms with Crippen LogP contribution in [-0.4, -0.2) is 16.6 Å². The van der Waals surface area contributed by atoms with Gasteiger partial charge in [-0.05, 0) is 32.4 Å². The van der Waals surface area contributed by atoms with Crippen LogP contribution in [0.1, 0.15) is 38.5 Å². The van der Waals surface area contributed by atoms with Crippen molar-refractivity contribution in [2.75, 3.05) is 5.32 Å². The number of hydrogen-bond donors (Lipinski definition) is 1. The third-order valence-electron chi connectivity index (χ3n) is 3.63. The SMILES string of the molecule is Cc1cc(C(=O)CCC(=O)Nc2cc([N+](=O)[O-])ccc2C)c(C)s1. The number of carbonyl (C=O) groups is 2. The first-order valence-corrected chi connectivity index (χ1v) is 8.24. The molecule has 0 radical (unpaired) electrons. The second-order valence-electron chi connectivity index (χ2n) is 5.55. The summed E-state index contributed by atoms with van der Waals surface area (Å²) in [6.07, 6.45) is 0.145. The van der Waals surface area contributed by atoms with Crippen molar-refractivity contribution < 1.29 is 14.5 Å². The van der Waals surface area contributed by atoms with E-state index in [-0.39, 0.29) is 30.2 Å². The quantitative estimate of drug-likeness (QED) is 0.482. The van der Waals surface area contributed by atoms with Crippen LogP contribution in [0.5, 0.6) is 0 Å². The average molecular weight is 346 g/mol. The van der Waals surface area contributed by atoms with E-state index in [1.807, 2.05) is 19.9 Å². The van der Waals surface area contributed by atoms with Crippen LogP contribution in [0.3, 0.4) is 0 Å². The van der Waals surface area contributed by atoms with Crippen LogP contribution in [0.15, 0.2) is 24.3 Å². The molecule has 126 valence electrons. The monoisotopic (exact) mass is 346 g/mol. The molecule has 0 aliphatic heterocycles. The van der Waals surface area contributed by atoms with Crippen molar-refractivity contribution in [1.29, 1.82) is 0 Å². The van der Waals surface area contributed by atoms with E-state index >= 15 is 0 Å². The zero-order valence-corrected chi connectivity index (χ0v) is 14.5. The maximum atomic E-state index is 12.2. The molecule has 1 amide bonds. The summed E-state index contributed by atoms with van der Waals surface area (Å²) in [5, 5.41) is 13.4. The van der Waals surface area contributed by atoms with Gasteiger partial charge in [-0.2, -0.15) is 0 Å². The van der Waals surface area contributed by atoms with Crippen molar-refractivity contribution in [2.24, 2.45) is 0 Å². The highest BCUT2D eigenvalue weighted by atomic mass is 32.1. The molecule has 0 atom stereocenters. The van der Waals surface area contributed by atoms with E-state index in [1.165, 1.54) is 12.1 Å². The molecule has 0 bridgehead atoms. The third-order valence-corrected chi connectivity index (χ3v) is 4.59. The molecule has 0 saturated carbocycles. The maximum Gasteiger partial charge on any atom is 0.271 e. The van der Waals surface area contributed by atoms with Gasteiger partial charge in [0.25, 0.3) is 5.69 Å². The first kappa shape index (κ1) is 17.8. The number of nitrogens with zero attached hydrogens (tertiary/aromatic N) is 1. The first-order chi connectivity index (χ1) is 11.3. The summed E-state index contributed by atoms with van der Waals surface area (Å²) in [6.45, 7) is 5.58. The number of benzene rings is 1. The van der Waals surface area contributed by atoms with Gasteiger partial charge in [-0.25, -0.2) is 0 Å². The molecule has 0 spiro atoms. The van der Waals surface area contributed by atoms with Crippen LogP contribution >= 0.6 is 11.3 Å². The molecule has 0 fully saturated rings. The first-order valence-electron chi connectivity index (χ1n) is 7.43. The molecule has 7 heteroatoms. The highest BCUT2D eigenvalue weighted by molar-refractivity contribution is 7.12. The van der Waals surface area contributed by atoms with Gasteiger partial charge < -0.3 is 5.32 Å². The lowest BCUT2D eigenvalue weighted by molar-refractivity contribution is -0.384. The molecular formula is C17H18N2O4S. The summed E-state index contributed by atoms with van der Waals surface area (Å²) < 4.78 is 0. The number of aryl methyl sites for hydroxylation is 3. The minimum Gasteiger partial charge on any atom is -0.326 e. The molecule has 0 aliphatic rings. The van der Waals surface area contributed by atoms with Crippen molar-refractivity contribution in [3.8, 4) is 0 Å². The minimum absolute atomic E-state index is 0.0370. The van der Waals surface area contributed by atoms with Crippen molar-refractivity contribution in [1.82, 2.24) is 0 Å². The zero-order valence-electron chi connectivity index (χ0n) is 13.7. The fourth-order valence-corrected chi connectivity index (χ4v) is 3.28. The number of amides is 1. The Morgan fingerprint density at radius 3 is 2.46 bits per heavy atom. The largest absolute Gasteiger partial charge is 0.326 e. The van der Waals surface area contributed by atoms with Crippen LogP contribution in [0.2, 0.25) is 0 Å². The van der Waals surface area contributed by atoms with E-state index in [4.69, 9.17) is 0 Å². The van der Waals surface area contributed by atoms with Crippen LogP contribution in [0.4, 0.5) is 11.4 Å². The highest BCUT2D eigenvalue weighted by Crippen LogP contribution is 2.24. The topological polar surface area (TPSA) is 89.3 Å². The normalized spacial score (nSPS) is 10.5. The van der Waals surface area contributed by atoms with E-state index in [0.717, 1.165) is 15.3 Å². The Bertz CT molecular complexity index is 811. The van der Waals surface area contributed by atoms with E-state index in [1.54, 1.807) is 24.3 Å². The molecule has 0 saturated heterocycles. The van der Waals surface area contributed by atoms with E-state index < -0.39 is 4.92 Å². The lowest BCUT2D eigenvalue weighted by Crippen LogP contribution is -2.14. The summed E-state index contributed by atoms with van der Waals surface area (Å²) in [4.78, 5) is 36.5. The summed E-state index contributed by atoms with van der Waals surface area (Å²) in [6, 6.07) is 6.12. The van der Waals surface area contributed by atoms with E-state index in [2.05, 4.69) is 5.32 Å². The van der Waals surface area contributed by atoms with Crippen LogP contribution in [0.25, 0.3) is 0 Å². The number of carbonyl (C=O) groups excluding carboxylic acids is 2. The smallest absolute Gasteiger partial charge is 0.271 e. The van der Waals surface area contributed by atoms with Gasteiger partial charge in [-0.15, -0.1) is 11.3 Å². The Labute approximate surface area is 143 Å². The van der Waals surface area contributed by atoms with Gasteiger partial charge in [0.1, 0.15) is 0 Å². The fraction of sp³-hybridized carbons (Fsp3) is 0.294. The Morgan fingerprint density at radius 1 is 1.17 bits per heavy atom. The Balaban J connectivity index is 1.99. The summed E-state index contributed by atoms with van der Waals surface area (Å²) in [7, 11) is 0. The molecule has 1 aromatic carbocycles. The number of anilines is 1. The summed E-state index contributed by atoms with van der Waals surface area (Å²) in [5.41, 5.74) is 1.70. The molecule has 1 heterocycles. The Kier molecular flexibility index (Phi) is 5.46. The van der Waals surface area contributed by atoms with Crippen molar-refractivity contribution in [3.63, 3.8) is 0 Å². The number of nitrogens with one attached hydrogen (secondary N) is 1. The van der Waals surface area contributed by atoms with Gasteiger partial charge in [0.15, 0.2) is 5.78 Å². The molecule has 2 aromatic rings. The number of ketones is 1. The number of nitro benzene ring substituents is 1. The summed E-state index contributed by atoms with van der Waals surface area (Å²) in [5.74, 6) is -0.403. The van der Waals surface area contributed by atoms with Crippen LogP contribution in [-0.2, 0) is 4.79 Å². The zero-order chi connectivity index (χ0) is 17.9. The molecule has 0 unspecified atom stereocenters. The standard InChI is InChI=1S/C17H18N2O4S/c1-10-4-5-13(19(22)23)9-15(10)18-17(21)7-6-16(20)14-8-11(2)24-12(14)3/h4-5,8-9H,6-7H2,1-3H3,(H,18,21). The van der Waals surface area contributed by atoms with Crippen molar-refractivity contribution in [3.05, 3.63) is 55.3 Å². The van der Waals surface area contributed by atoms with E-state index in [0.29, 0.717) is 11.3 Å². The van der Waals surface area contributed by atoms with Gasteiger partial charge in [-0.3, -0.25) is 19.7 Å². The predicted molar refractivity (Wildman–Crippen MR) is 93.8 cm³/mol. The van der Waals surface area contributed by atoms with Gasteiger partial charge in [0.2, 0.25) is 5.91 Å². The fourth-order valence-electron chi connectivity index (χ4n) is 2.34. The number of non-ortho nitro benzene ring substituents is 1. The Hall–Kier alpha value is -2.54. The second-order valence-corrected chi connectivity index (χ2v) is 7.02. The molecular weight excluding hydrogens is 328 g/mol. The molecule has 2 rings (SSSR count). The number of nitro groups is 1. The summed E-state index contributed by atoms with van der Waals surface area (Å²) >= 11 is 1.56. The molecule has 24 heavy (non-hydrogen) atoms. The molecule has 6 nitrogen and oxygen atoms in total. The predicted octanol–water partition coefficient (Wildman–Crippen LogP) is 4.18. The lowest BCUT2D eigenvalue weighted by atomic mass is 10.1. The van der Waals surface area contributed by atoms with Crippen LogP contribution in [0, 0.1) is 30.9 Å². The highest BCUT2D eigenvalue weighted by Gasteiger charge is 2.15. The second kappa shape index (κ2) is 7.35. The number of Topliss-reactive ketones (excluding diaryl/α,β-unsaturated/α-hetero) is 1.